The molecule has 5 heteroatoms. The minimum Gasteiger partial charge on any atom is -0.481 e. The molecule has 0 bridgehead atoms. The summed E-state index contributed by atoms with van der Waals surface area (Å²) in [5, 5.41) is 11.7. The van der Waals surface area contributed by atoms with Crippen LogP contribution >= 0.6 is 27.3 Å². The molecule has 0 aromatic carbocycles. The lowest BCUT2D eigenvalue weighted by Gasteiger charge is -2.16. The third-order valence-electron chi connectivity index (χ3n) is 2.06. The number of carbonyl (C=O) groups is 1. The van der Waals surface area contributed by atoms with E-state index >= 15 is 0 Å². The molecule has 0 aliphatic rings. The molecule has 1 heterocycles. The molecule has 1 N–H and O–H groups in total. The largest absolute Gasteiger partial charge is 0.481 e. The maximum atomic E-state index is 10.3. The Bertz CT molecular complexity index is 327. The highest BCUT2D eigenvalue weighted by Gasteiger charge is 2.04. The standard InChI is InChI=1S/C10H14BrNO2S/c1-12(5-3-2-4-10(13)14)9-6-8(11)7-15-9/h6-7H,2-5H2,1H3,(H,13,14). The molecule has 1 rings (SSSR count). The van der Waals surface area contributed by atoms with Gasteiger partial charge in [0.2, 0.25) is 0 Å². The zero-order valence-corrected chi connectivity index (χ0v) is 11.0. The van der Waals surface area contributed by atoms with Gasteiger partial charge in [0.15, 0.2) is 0 Å². The molecule has 0 aliphatic heterocycles. The predicted octanol–water partition coefficient (Wildman–Crippen LogP) is 3.20. The fourth-order valence-corrected chi connectivity index (χ4v) is 2.65. The first-order valence-corrected chi connectivity index (χ1v) is 6.44. The molecule has 0 saturated carbocycles. The molecule has 1 aromatic heterocycles. The molecule has 0 saturated heterocycles. The summed E-state index contributed by atoms with van der Waals surface area (Å²) in [6.45, 7) is 0.903. The number of anilines is 1. The van der Waals surface area contributed by atoms with E-state index < -0.39 is 5.97 Å². The van der Waals surface area contributed by atoms with Crippen molar-refractivity contribution in [3.05, 3.63) is 15.9 Å². The Morgan fingerprint density at radius 2 is 2.33 bits per heavy atom. The lowest BCUT2D eigenvalue weighted by Crippen LogP contribution is -2.17. The molecule has 0 aliphatic carbocycles. The summed E-state index contributed by atoms with van der Waals surface area (Å²) in [6.07, 6.45) is 1.92. The lowest BCUT2D eigenvalue weighted by atomic mass is 10.2. The first-order valence-electron chi connectivity index (χ1n) is 4.76. The zero-order valence-electron chi connectivity index (χ0n) is 8.57. The Labute approximate surface area is 102 Å². The molecule has 0 amide bonds. The highest BCUT2D eigenvalue weighted by molar-refractivity contribution is 9.10. The van der Waals surface area contributed by atoms with Gasteiger partial charge in [0, 0.05) is 29.9 Å². The first-order chi connectivity index (χ1) is 7.09. The first kappa shape index (κ1) is 12.5. The summed E-state index contributed by atoms with van der Waals surface area (Å²) in [6, 6.07) is 2.07. The van der Waals surface area contributed by atoms with Crippen molar-refractivity contribution < 1.29 is 9.90 Å². The number of carboxylic acids is 1. The van der Waals surface area contributed by atoms with Crippen molar-refractivity contribution in [2.24, 2.45) is 0 Å². The summed E-state index contributed by atoms with van der Waals surface area (Å²) in [7, 11) is 2.03. The van der Waals surface area contributed by atoms with Crippen molar-refractivity contribution in [2.75, 3.05) is 18.5 Å². The molecule has 0 radical (unpaired) electrons. The number of rotatable bonds is 6. The highest BCUT2D eigenvalue weighted by Crippen LogP contribution is 2.27. The van der Waals surface area contributed by atoms with E-state index in [1.165, 1.54) is 5.00 Å². The van der Waals surface area contributed by atoms with E-state index in [2.05, 4.69) is 26.9 Å². The monoisotopic (exact) mass is 291 g/mol. The molecule has 0 unspecified atom stereocenters. The van der Waals surface area contributed by atoms with E-state index in [0.29, 0.717) is 0 Å². The number of carboxylic acid groups (broad SMARTS) is 1. The average molecular weight is 292 g/mol. The van der Waals surface area contributed by atoms with E-state index in [1.54, 1.807) is 11.3 Å². The summed E-state index contributed by atoms with van der Waals surface area (Å²) in [4.78, 5) is 12.4. The summed E-state index contributed by atoms with van der Waals surface area (Å²) >= 11 is 5.09. The van der Waals surface area contributed by atoms with Crippen LogP contribution in [0.3, 0.4) is 0 Å². The SMILES string of the molecule is CN(CCCCC(=O)O)c1cc(Br)cs1. The lowest BCUT2D eigenvalue weighted by molar-refractivity contribution is -0.137. The van der Waals surface area contributed by atoms with Crippen LogP contribution in [0, 0.1) is 0 Å². The van der Waals surface area contributed by atoms with E-state index in [1.807, 2.05) is 12.4 Å². The van der Waals surface area contributed by atoms with E-state index in [-0.39, 0.29) is 6.42 Å². The van der Waals surface area contributed by atoms with E-state index in [9.17, 15) is 4.79 Å². The maximum absolute atomic E-state index is 10.3. The van der Waals surface area contributed by atoms with Crippen molar-refractivity contribution in [3.8, 4) is 0 Å². The van der Waals surface area contributed by atoms with Crippen LogP contribution in [-0.4, -0.2) is 24.7 Å². The van der Waals surface area contributed by atoms with Crippen LogP contribution in [0.4, 0.5) is 5.00 Å². The molecule has 3 nitrogen and oxygen atoms in total. The van der Waals surface area contributed by atoms with Crippen LogP contribution in [0.15, 0.2) is 15.9 Å². The molecule has 0 spiro atoms. The van der Waals surface area contributed by atoms with Crippen molar-refractivity contribution in [3.63, 3.8) is 0 Å². The van der Waals surface area contributed by atoms with Gasteiger partial charge in [-0.3, -0.25) is 4.79 Å². The maximum Gasteiger partial charge on any atom is 0.303 e. The second-order valence-electron chi connectivity index (χ2n) is 3.38. The number of nitrogens with zero attached hydrogens (tertiary/aromatic N) is 1. The zero-order chi connectivity index (χ0) is 11.3. The number of unbranched alkanes of at least 4 members (excludes halogenated alkanes) is 1. The third-order valence-corrected chi connectivity index (χ3v) is 3.87. The van der Waals surface area contributed by atoms with Crippen LogP contribution in [-0.2, 0) is 4.79 Å². The second-order valence-corrected chi connectivity index (χ2v) is 5.18. The Morgan fingerprint density at radius 1 is 1.60 bits per heavy atom. The van der Waals surface area contributed by atoms with Crippen molar-refractivity contribution in [2.45, 2.75) is 19.3 Å². The molecular weight excluding hydrogens is 278 g/mol. The van der Waals surface area contributed by atoms with Gasteiger partial charge in [-0.2, -0.15) is 0 Å². The van der Waals surface area contributed by atoms with Crippen molar-refractivity contribution in [1.29, 1.82) is 0 Å². The van der Waals surface area contributed by atoms with Gasteiger partial charge in [0.1, 0.15) is 0 Å². The van der Waals surface area contributed by atoms with Crippen LogP contribution in [0.2, 0.25) is 0 Å². The second kappa shape index (κ2) is 6.12. The average Bonchev–Trinajstić information content (AvgIpc) is 2.59. The van der Waals surface area contributed by atoms with Gasteiger partial charge in [0.25, 0.3) is 0 Å². The van der Waals surface area contributed by atoms with Crippen LogP contribution in [0.25, 0.3) is 0 Å². The quantitative estimate of drug-likeness (QED) is 0.819. The van der Waals surface area contributed by atoms with Gasteiger partial charge in [-0.1, -0.05) is 0 Å². The predicted molar refractivity (Wildman–Crippen MR) is 66.8 cm³/mol. The fourth-order valence-electron chi connectivity index (χ4n) is 1.24. The van der Waals surface area contributed by atoms with Gasteiger partial charge in [-0.05, 0) is 34.8 Å². The number of halogens is 1. The summed E-state index contributed by atoms with van der Waals surface area (Å²) in [5.74, 6) is -0.712. The van der Waals surface area contributed by atoms with Crippen LogP contribution < -0.4 is 4.90 Å². The van der Waals surface area contributed by atoms with Gasteiger partial charge in [0.05, 0.1) is 5.00 Å². The van der Waals surface area contributed by atoms with E-state index in [0.717, 1.165) is 23.9 Å². The molecule has 0 atom stereocenters. The topological polar surface area (TPSA) is 40.5 Å². The Morgan fingerprint density at radius 3 is 2.87 bits per heavy atom. The molecular formula is C10H14BrNO2S. The molecule has 1 aromatic rings. The minimum atomic E-state index is -0.712. The van der Waals surface area contributed by atoms with Gasteiger partial charge in [-0.25, -0.2) is 0 Å². The van der Waals surface area contributed by atoms with Crippen molar-refractivity contribution in [1.82, 2.24) is 0 Å². The highest BCUT2D eigenvalue weighted by atomic mass is 79.9. The Hall–Kier alpha value is -0.550. The van der Waals surface area contributed by atoms with Gasteiger partial charge < -0.3 is 10.0 Å². The normalized spacial score (nSPS) is 10.3. The number of thiophene rings is 1. The van der Waals surface area contributed by atoms with E-state index in [4.69, 9.17) is 5.11 Å². The number of aliphatic carboxylic acids is 1. The van der Waals surface area contributed by atoms with Gasteiger partial charge in [-0.15, -0.1) is 11.3 Å². The molecule has 84 valence electrons. The minimum absolute atomic E-state index is 0.266. The van der Waals surface area contributed by atoms with Crippen LogP contribution in [0.1, 0.15) is 19.3 Å². The summed E-state index contributed by atoms with van der Waals surface area (Å²) < 4.78 is 1.10. The Balaban J connectivity index is 2.24. The Kier molecular flexibility index (Phi) is 5.11. The summed E-state index contributed by atoms with van der Waals surface area (Å²) in [5.41, 5.74) is 0. The van der Waals surface area contributed by atoms with Crippen LogP contribution in [0.5, 0.6) is 0 Å². The molecule has 15 heavy (non-hydrogen) atoms. The fraction of sp³-hybridized carbons (Fsp3) is 0.500. The molecule has 0 fully saturated rings. The third kappa shape index (κ3) is 4.66. The van der Waals surface area contributed by atoms with Gasteiger partial charge >= 0.3 is 5.97 Å². The smallest absolute Gasteiger partial charge is 0.303 e. The number of hydrogen-bond donors (Lipinski definition) is 1. The number of hydrogen-bond acceptors (Lipinski definition) is 3. The van der Waals surface area contributed by atoms with Crippen molar-refractivity contribution >= 4 is 38.2 Å².